The van der Waals surface area contributed by atoms with Gasteiger partial charge in [-0.2, -0.15) is 0 Å². The van der Waals surface area contributed by atoms with Crippen LogP contribution >= 0.6 is 0 Å². The molecule has 0 aliphatic carbocycles. The number of imidazole rings is 1. The fraction of sp³-hybridized carbons (Fsp3) is 0.105. The molecule has 6 nitrogen and oxygen atoms in total. The summed E-state index contributed by atoms with van der Waals surface area (Å²) in [6, 6.07) is 18.4. The molecule has 3 N–H and O–H groups in total. The number of hydrogen-bond donors (Lipinski definition) is 3. The maximum absolute atomic E-state index is 12.5. The maximum atomic E-state index is 12.5. The van der Waals surface area contributed by atoms with Crippen LogP contribution in [0.3, 0.4) is 0 Å². The third-order valence-electron chi connectivity index (χ3n) is 3.76. The summed E-state index contributed by atoms with van der Waals surface area (Å²) in [5.41, 5.74) is 1.81. The van der Waals surface area contributed by atoms with Crippen molar-refractivity contribution in [3.05, 3.63) is 83.9 Å². The van der Waals surface area contributed by atoms with Crippen LogP contribution in [0.4, 0.5) is 5.69 Å². The zero-order chi connectivity index (χ0) is 17.6. The Balaban J connectivity index is 1.72. The molecule has 126 valence electrons. The predicted molar refractivity (Wildman–Crippen MR) is 95.3 cm³/mol. The largest absolute Gasteiger partial charge is 0.344 e. The summed E-state index contributed by atoms with van der Waals surface area (Å²) in [5, 5.41) is 5.59. The minimum Gasteiger partial charge on any atom is -0.344 e. The van der Waals surface area contributed by atoms with E-state index in [0.29, 0.717) is 5.69 Å². The first-order valence-corrected chi connectivity index (χ1v) is 7.90. The SMILES string of the molecule is C[C@H](NC(=O)c1[nH]cnc1C(=O)Nc1ccccc1)c1ccccc1. The topological polar surface area (TPSA) is 86.9 Å². The molecule has 0 radical (unpaired) electrons. The van der Waals surface area contributed by atoms with Gasteiger partial charge in [0.05, 0.1) is 12.4 Å². The summed E-state index contributed by atoms with van der Waals surface area (Å²) in [6.45, 7) is 1.88. The smallest absolute Gasteiger partial charge is 0.276 e. The van der Waals surface area contributed by atoms with Crippen molar-refractivity contribution in [1.29, 1.82) is 0 Å². The average molecular weight is 334 g/mol. The molecule has 0 aliphatic heterocycles. The molecule has 3 rings (SSSR count). The molecule has 6 heteroatoms. The van der Waals surface area contributed by atoms with Gasteiger partial charge in [-0.25, -0.2) is 4.98 Å². The predicted octanol–water partition coefficient (Wildman–Crippen LogP) is 3.15. The molecule has 0 bridgehead atoms. The van der Waals surface area contributed by atoms with E-state index in [1.165, 1.54) is 6.33 Å². The third-order valence-corrected chi connectivity index (χ3v) is 3.76. The van der Waals surface area contributed by atoms with Crippen LogP contribution in [0.25, 0.3) is 0 Å². The number of H-pyrrole nitrogens is 1. The second-order valence-corrected chi connectivity index (χ2v) is 5.55. The molecule has 0 unspecified atom stereocenters. The van der Waals surface area contributed by atoms with E-state index in [1.54, 1.807) is 12.1 Å². The first kappa shape index (κ1) is 16.4. The van der Waals surface area contributed by atoms with E-state index >= 15 is 0 Å². The van der Waals surface area contributed by atoms with Crippen molar-refractivity contribution in [3.8, 4) is 0 Å². The monoisotopic (exact) mass is 334 g/mol. The number of rotatable bonds is 5. The molecule has 0 spiro atoms. The lowest BCUT2D eigenvalue weighted by atomic mass is 10.1. The quantitative estimate of drug-likeness (QED) is 0.670. The molecule has 0 saturated carbocycles. The van der Waals surface area contributed by atoms with Gasteiger partial charge in [0.1, 0.15) is 5.69 Å². The van der Waals surface area contributed by atoms with Crippen LogP contribution in [0.2, 0.25) is 0 Å². The van der Waals surface area contributed by atoms with Gasteiger partial charge in [0, 0.05) is 5.69 Å². The van der Waals surface area contributed by atoms with Gasteiger partial charge in [0.15, 0.2) is 5.69 Å². The van der Waals surface area contributed by atoms with Crippen molar-refractivity contribution in [3.63, 3.8) is 0 Å². The first-order valence-electron chi connectivity index (χ1n) is 7.90. The minimum absolute atomic E-state index is 0.0571. The van der Waals surface area contributed by atoms with Crippen LogP contribution in [0.5, 0.6) is 0 Å². The Morgan fingerprint density at radius 3 is 2.28 bits per heavy atom. The first-order chi connectivity index (χ1) is 12.1. The number of amides is 2. The Morgan fingerprint density at radius 1 is 0.960 bits per heavy atom. The van der Waals surface area contributed by atoms with Crippen LogP contribution in [-0.4, -0.2) is 21.8 Å². The number of aromatic nitrogens is 2. The number of carbonyl (C=O) groups excluding carboxylic acids is 2. The molecule has 1 aromatic heterocycles. The summed E-state index contributed by atoms with van der Waals surface area (Å²) in [4.78, 5) is 31.6. The average Bonchev–Trinajstić information content (AvgIpc) is 3.13. The molecule has 2 amide bonds. The second kappa shape index (κ2) is 7.44. The Bertz CT molecular complexity index is 859. The molecular formula is C19H18N4O2. The molecular weight excluding hydrogens is 316 g/mol. The Kier molecular flexibility index (Phi) is 4.89. The second-order valence-electron chi connectivity index (χ2n) is 5.55. The Morgan fingerprint density at radius 2 is 1.60 bits per heavy atom. The van der Waals surface area contributed by atoms with Gasteiger partial charge in [0.25, 0.3) is 11.8 Å². The number of aromatic amines is 1. The highest BCUT2D eigenvalue weighted by Crippen LogP contribution is 2.14. The van der Waals surface area contributed by atoms with Crippen molar-refractivity contribution in [1.82, 2.24) is 15.3 Å². The zero-order valence-corrected chi connectivity index (χ0v) is 13.7. The minimum atomic E-state index is -0.440. The molecule has 0 saturated heterocycles. The van der Waals surface area contributed by atoms with Gasteiger partial charge >= 0.3 is 0 Å². The van der Waals surface area contributed by atoms with Crippen molar-refractivity contribution < 1.29 is 9.59 Å². The fourth-order valence-corrected chi connectivity index (χ4v) is 2.45. The van der Waals surface area contributed by atoms with E-state index in [4.69, 9.17) is 0 Å². The molecule has 0 fully saturated rings. The maximum Gasteiger partial charge on any atom is 0.276 e. The molecule has 2 aromatic carbocycles. The molecule has 0 aliphatic rings. The summed E-state index contributed by atoms with van der Waals surface area (Å²) in [7, 11) is 0. The molecule has 25 heavy (non-hydrogen) atoms. The lowest BCUT2D eigenvalue weighted by Crippen LogP contribution is -2.29. The van der Waals surface area contributed by atoms with Crippen molar-refractivity contribution in [2.45, 2.75) is 13.0 Å². The van der Waals surface area contributed by atoms with E-state index in [0.717, 1.165) is 5.56 Å². The van der Waals surface area contributed by atoms with Gasteiger partial charge in [-0.05, 0) is 24.6 Å². The summed E-state index contributed by atoms with van der Waals surface area (Å²) >= 11 is 0. The van der Waals surface area contributed by atoms with E-state index in [2.05, 4.69) is 20.6 Å². The van der Waals surface area contributed by atoms with Gasteiger partial charge in [0.2, 0.25) is 0 Å². The lowest BCUT2D eigenvalue weighted by molar-refractivity contribution is 0.0923. The summed E-state index contributed by atoms with van der Waals surface area (Å²) in [6.07, 6.45) is 1.34. The Hall–Kier alpha value is -3.41. The number of nitrogens with zero attached hydrogens (tertiary/aromatic N) is 1. The number of anilines is 1. The van der Waals surface area contributed by atoms with E-state index in [1.807, 2.05) is 55.5 Å². The summed E-state index contributed by atoms with van der Waals surface area (Å²) in [5.74, 6) is -0.822. The fourth-order valence-electron chi connectivity index (χ4n) is 2.45. The highest BCUT2D eigenvalue weighted by molar-refractivity contribution is 6.10. The number of carbonyl (C=O) groups is 2. The number of hydrogen-bond acceptors (Lipinski definition) is 3. The van der Waals surface area contributed by atoms with E-state index < -0.39 is 5.91 Å². The van der Waals surface area contributed by atoms with Crippen LogP contribution in [0.15, 0.2) is 67.0 Å². The van der Waals surface area contributed by atoms with Gasteiger partial charge in [-0.15, -0.1) is 0 Å². The summed E-state index contributed by atoms with van der Waals surface area (Å²) < 4.78 is 0. The third kappa shape index (κ3) is 3.92. The normalized spacial score (nSPS) is 11.6. The number of para-hydroxylation sites is 1. The molecule has 1 heterocycles. The number of benzene rings is 2. The zero-order valence-electron chi connectivity index (χ0n) is 13.7. The highest BCUT2D eigenvalue weighted by atomic mass is 16.2. The van der Waals surface area contributed by atoms with Crippen LogP contribution in [0.1, 0.15) is 39.5 Å². The number of nitrogens with one attached hydrogen (secondary N) is 3. The van der Waals surface area contributed by atoms with E-state index in [-0.39, 0.29) is 23.3 Å². The van der Waals surface area contributed by atoms with Crippen molar-refractivity contribution >= 4 is 17.5 Å². The standard InChI is InChI=1S/C19H18N4O2/c1-13(14-8-4-2-5-9-14)22-18(24)16-17(21-12-20-16)19(25)23-15-10-6-3-7-11-15/h2-13H,1H3,(H,20,21)(H,22,24)(H,23,25)/t13-/m0/s1. The van der Waals surface area contributed by atoms with Crippen molar-refractivity contribution in [2.75, 3.05) is 5.32 Å². The highest BCUT2D eigenvalue weighted by Gasteiger charge is 2.21. The van der Waals surface area contributed by atoms with Crippen LogP contribution < -0.4 is 10.6 Å². The molecule has 3 aromatic rings. The van der Waals surface area contributed by atoms with Gasteiger partial charge < -0.3 is 15.6 Å². The van der Waals surface area contributed by atoms with Crippen molar-refractivity contribution in [2.24, 2.45) is 0 Å². The van der Waals surface area contributed by atoms with Crippen LogP contribution in [-0.2, 0) is 0 Å². The van der Waals surface area contributed by atoms with Gasteiger partial charge in [-0.3, -0.25) is 9.59 Å². The molecule has 1 atom stereocenters. The Labute approximate surface area is 145 Å². The van der Waals surface area contributed by atoms with E-state index in [9.17, 15) is 9.59 Å². The lowest BCUT2D eigenvalue weighted by Gasteiger charge is -2.14. The van der Waals surface area contributed by atoms with Crippen LogP contribution in [0, 0.1) is 0 Å². The van der Waals surface area contributed by atoms with Gasteiger partial charge in [-0.1, -0.05) is 48.5 Å².